The lowest BCUT2D eigenvalue weighted by atomic mass is 9.96. The summed E-state index contributed by atoms with van der Waals surface area (Å²) in [5.41, 5.74) is 3.39. The molecule has 3 rings (SSSR count). The fourth-order valence-electron chi connectivity index (χ4n) is 4.34. The maximum absolute atomic E-state index is 12.4. The number of carbonyl (C=O) groups is 1. The Balaban J connectivity index is 1.90. The Kier molecular flexibility index (Phi) is 10.9. The average Bonchev–Trinajstić information content (AvgIpc) is 2.88. The SMILES string of the molecule is CCOC(=O)C[C@@H](O)[C@@H](Cc1ccc(O[Si](C)(C)C(C)(C)C)cc1)N(Cc1ccccc1)Cc1ccccc1. The number of benzene rings is 3. The predicted octanol–water partition coefficient (Wildman–Crippen LogP) is 7.00. The van der Waals surface area contributed by atoms with Crippen molar-refractivity contribution in [1.29, 1.82) is 0 Å². The fourth-order valence-corrected chi connectivity index (χ4v) is 5.38. The van der Waals surface area contributed by atoms with Crippen LogP contribution in [-0.4, -0.2) is 43.0 Å². The molecule has 0 saturated heterocycles. The number of hydrogen-bond donors (Lipinski definition) is 1. The summed E-state index contributed by atoms with van der Waals surface area (Å²) in [5, 5.41) is 11.5. The van der Waals surface area contributed by atoms with Crippen molar-refractivity contribution in [3.63, 3.8) is 0 Å². The third kappa shape index (κ3) is 9.34. The van der Waals surface area contributed by atoms with Crippen LogP contribution in [0.15, 0.2) is 84.9 Å². The highest BCUT2D eigenvalue weighted by Crippen LogP contribution is 2.37. The van der Waals surface area contributed by atoms with Gasteiger partial charge >= 0.3 is 5.97 Å². The second-order valence-electron chi connectivity index (χ2n) is 11.7. The topological polar surface area (TPSA) is 59.0 Å². The van der Waals surface area contributed by atoms with E-state index in [0.29, 0.717) is 26.1 Å². The van der Waals surface area contributed by atoms with Crippen molar-refractivity contribution in [2.45, 2.75) is 83.9 Å². The lowest BCUT2D eigenvalue weighted by Gasteiger charge is -2.36. The maximum atomic E-state index is 12.4. The summed E-state index contributed by atoms with van der Waals surface area (Å²) >= 11 is 0. The highest BCUT2D eigenvalue weighted by Gasteiger charge is 2.39. The van der Waals surface area contributed by atoms with Crippen LogP contribution in [-0.2, 0) is 29.0 Å². The molecule has 0 unspecified atom stereocenters. The summed E-state index contributed by atoms with van der Waals surface area (Å²) in [6, 6.07) is 28.4. The molecule has 0 aliphatic carbocycles. The molecule has 0 aliphatic rings. The van der Waals surface area contributed by atoms with Gasteiger partial charge in [0, 0.05) is 19.1 Å². The van der Waals surface area contributed by atoms with Crippen molar-refractivity contribution in [2.75, 3.05) is 6.61 Å². The summed E-state index contributed by atoms with van der Waals surface area (Å²) in [6.45, 7) is 14.6. The van der Waals surface area contributed by atoms with E-state index in [4.69, 9.17) is 9.16 Å². The molecule has 0 aromatic heterocycles. The van der Waals surface area contributed by atoms with Crippen LogP contribution in [0, 0.1) is 0 Å². The third-order valence-electron chi connectivity index (χ3n) is 7.60. The lowest BCUT2D eigenvalue weighted by Crippen LogP contribution is -2.45. The summed E-state index contributed by atoms with van der Waals surface area (Å²) in [4.78, 5) is 14.7. The minimum atomic E-state index is -1.94. The molecule has 3 aromatic rings. The van der Waals surface area contributed by atoms with Gasteiger partial charge in [-0.3, -0.25) is 9.69 Å². The van der Waals surface area contributed by atoms with Crippen molar-refractivity contribution in [3.05, 3.63) is 102 Å². The van der Waals surface area contributed by atoms with E-state index >= 15 is 0 Å². The first-order valence-electron chi connectivity index (χ1n) is 13.9. The van der Waals surface area contributed by atoms with Crippen LogP contribution >= 0.6 is 0 Å². The molecule has 5 nitrogen and oxygen atoms in total. The van der Waals surface area contributed by atoms with Crippen molar-refractivity contribution in [2.24, 2.45) is 0 Å². The molecule has 0 radical (unpaired) electrons. The van der Waals surface area contributed by atoms with Crippen LogP contribution in [0.25, 0.3) is 0 Å². The van der Waals surface area contributed by atoms with Crippen molar-refractivity contribution in [3.8, 4) is 5.75 Å². The summed E-state index contributed by atoms with van der Waals surface area (Å²) < 4.78 is 11.7. The van der Waals surface area contributed by atoms with Gasteiger partial charge in [-0.1, -0.05) is 93.6 Å². The Morgan fingerprint density at radius 3 is 1.82 bits per heavy atom. The molecule has 0 saturated carbocycles. The molecule has 0 fully saturated rings. The zero-order valence-corrected chi connectivity index (χ0v) is 25.4. The van der Waals surface area contributed by atoms with Crippen molar-refractivity contribution < 1.29 is 19.1 Å². The van der Waals surface area contributed by atoms with Gasteiger partial charge in [-0.2, -0.15) is 0 Å². The molecule has 0 spiro atoms. The standard InChI is InChI=1S/C33H45NO4Si/c1-7-37-32(36)23-31(35)30(22-26-18-20-29(21-19-26)38-39(5,6)33(2,3)4)34(24-27-14-10-8-11-15-27)25-28-16-12-9-13-17-28/h8-21,30-31,35H,7,22-25H2,1-6H3/t30-,31-/m1/s1. The first kappa shape index (κ1) is 30.6. The summed E-state index contributed by atoms with van der Waals surface area (Å²) in [5.74, 6) is 0.492. The highest BCUT2D eigenvalue weighted by atomic mass is 28.4. The minimum absolute atomic E-state index is 0.0504. The van der Waals surface area contributed by atoms with Crippen LogP contribution < -0.4 is 4.43 Å². The van der Waals surface area contributed by atoms with Gasteiger partial charge in [0.2, 0.25) is 8.32 Å². The van der Waals surface area contributed by atoms with Gasteiger partial charge in [-0.05, 0) is 60.3 Å². The Labute approximate surface area is 235 Å². The van der Waals surface area contributed by atoms with Crippen molar-refractivity contribution >= 4 is 14.3 Å². The first-order valence-corrected chi connectivity index (χ1v) is 16.8. The second kappa shape index (κ2) is 13.9. The van der Waals surface area contributed by atoms with E-state index in [1.54, 1.807) is 6.92 Å². The molecule has 210 valence electrons. The summed E-state index contributed by atoms with van der Waals surface area (Å²) in [7, 11) is -1.94. The molecule has 2 atom stereocenters. The van der Waals surface area contributed by atoms with E-state index in [1.165, 1.54) is 0 Å². The first-order chi connectivity index (χ1) is 18.5. The molecule has 39 heavy (non-hydrogen) atoms. The number of rotatable bonds is 13. The average molecular weight is 548 g/mol. The number of carbonyl (C=O) groups excluding carboxylic acids is 1. The van der Waals surface area contributed by atoms with Crippen LogP contribution in [0.5, 0.6) is 5.75 Å². The molecule has 0 aliphatic heterocycles. The van der Waals surface area contributed by atoms with E-state index in [-0.39, 0.29) is 23.5 Å². The number of aliphatic hydroxyl groups is 1. The van der Waals surface area contributed by atoms with Crippen LogP contribution in [0.4, 0.5) is 0 Å². The molecule has 0 bridgehead atoms. The molecule has 0 amide bonds. The minimum Gasteiger partial charge on any atom is -0.544 e. The normalized spacial score (nSPS) is 13.6. The Hall–Kier alpha value is -2.93. The summed E-state index contributed by atoms with van der Waals surface area (Å²) in [6.07, 6.45) is -0.356. The Morgan fingerprint density at radius 1 is 0.846 bits per heavy atom. The highest BCUT2D eigenvalue weighted by molar-refractivity contribution is 6.74. The van der Waals surface area contributed by atoms with Gasteiger partial charge in [-0.25, -0.2) is 0 Å². The van der Waals surface area contributed by atoms with E-state index in [1.807, 2.05) is 48.5 Å². The van der Waals surface area contributed by atoms with Gasteiger partial charge in [0.25, 0.3) is 0 Å². The Morgan fingerprint density at radius 2 is 1.36 bits per heavy atom. The molecular formula is C33H45NO4Si. The monoisotopic (exact) mass is 547 g/mol. The number of hydrogen-bond acceptors (Lipinski definition) is 5. The number of ether oxygens (including phenoxy) is 1. The van der Waals surface area contributed by atoms with Crippen molar-refractivity contribution in [1.82, 2.24) is 4.90 Å². The zero-order chi connectivity index (χ0) is 28.5. The van der Waals surface area contributed by atoms with E-state index < -0.39 is 14.4 Å². The van der Waals surface area contributed by atoms with Gasteiger partial charge in [0.1, 0.15) is 5.75 Å². The molecular weight excluding hydrogens is 502 g/mol. The quantitative estimate of drug-likeness (QED) is 0.184. The van der Waals surface area contributed by atoms with E-state index in [2.05, 4.69) is 75.2 Å². The molecule has 1 N–H and O–H groups in total. The van der Waals surface area contributed by atoms with Crippen LogP contribution in [0.1, 0.15) is 50.8 Å². The predicted molar refractivity (Wildman–Crippen MR) is 161 cm³/mol. The van der Waals surface area contributed by atoms with Crippen LogP contribution in [0.3, 0.4) is 0 Å². The Bertz CT molecular complexity index is 1100. The van der Waals surface area contributed by atoms with Crippen LogP contribution in [0.2, 0.25) is 18.1 Å². The van der Waals surface area contributed by atoms with E-state index in [0.717, 1.165) is 22.4 Å². The van der Waals surface area contributed by atoms with E-state index in [9.17, 15) is 9.90 Å². The van der Waals surface area contributed by atoms with Gasteiger partial charge < -0.3 is 14.3 Å². The largest absolute Gasteiger partial charge is 0.544 e. The third-order valence-corrected chi connectivity index (χ3v) is 12.0. The molecule has 0 heterocycles. The zero-order valence-electron chi connectivity index (χ0n) is 24.4. The number of esters is 1. The number of nitrogens with zero attached hydrogens (tertiary/aromatic N) is 1. The fraction of sp³-hybridized carbons (Fsp3) is 0.424. The van der Waals surface area contributed by atoms with Gasteiger partial charge in [0.05, 0.1) is 19.1 Å². The van der Waals surface area contributed by atoms with Gasteiger partial charge in [-0.15, -0.1) is 0 Å². The maximum Gasteiger partial charge on any atom is 0.308 e. The molecule has 3 aromatic carbocycles. The smallest absolute Gasteiger partial charge is 0.308 e. The molecule has 6 heteroatoms. The second-order valence-corrected chi connectivity index (χ2v) is 16.5. The van der Waals surface area contributed by atoms with Gasteiger partial charge in [0.15, 0.2) is 0 Å². The number of aliphatic hydroxyl groups excluding tert-OH is 1. The lowest BCUT2D eigenvalue weighted by molar-refractivity contribution is -0.146.